The van der Waals surface area contributed by atoms with Crippen LogP contribution in [0.1, 0.15) is 41.3 Å². The van der Waals surface area contributed by atoms with Crippen molar-refractivity contribution in [3.05, 3.63) is 63.1 Å². The normalized spacial score (nSPS) is 15.2. The summed E-state index contributed by atoms with van der Waals surface area (Å²) in [6, 6.07) is 9.20. The van der Waals surface area contributed by atoms with E-state index in [1.165, 1.54) is 17.7 Å². The van der Waals surface area contributed by atoms with Gasteiger partial charge in [0.1, 0.15) is 5.75 Å². The minimum absolute atomic E-state index is 0.0176. The Bertz CT molecular complexity index is 732. The molecule has 2 aromatic rings. The third-order valence-corrected chi connectivity index (χ3v) is 4.58. The van der Waals surface area contributed by atoms with Crippen molar-refractivity contribution in [1.82, 2.24) is 4.57 Å². The second kappa shape index (κ2) is 5.97. The van der Waals surface area contributed by atoms with Gasteiger partial charge in [0.15, 0.2) is 0 Å². The Balaban J connectivity index is 2.03. The van der Waals surface area contributed by atoms with Crippen LogP contribution in [0.5, 0.6) is 5.75 Å². The van der Waals surface area contributed by atoms with Crippen molar-refractivity contribution in [3.63, 3.8) is 0 Å². The highest BCUT2D eigenvalue weighted by atomic mass is 16.5. The molecule has 0 aliphatic heterocycles. The number of aryl methyl sites for hydroxylation is 1. The third kappa shape index (κ3) is 2.55. The molecule has 1 aliphatic rings. The summed E-state index contributed by atoms with van der Waals surface area (Å²) in [5.74, 6) is 0.786. The van der Waals surface area contributed by atoms with Gasteiger partial charge in [-0.15, -0.1) is 0 Å². The highest BCUT2D eigenvalue weighted by molar-refractivity contribution is 5.37. The van der Waals surface area contributed by atoms with Gasteiger partial charge in [0.05, 0.1) is 13.2 Å². The minimum Gasteiger partial charge on any atom is -0.497 e. The Morgan fingerprint density at radius 1 is 1.18 bits per heavy atom. The molecule has 2 N–H and O–H groups in total. The number of hydrogen-bond acceptors (Lipinski definition) is 3. The largest absolute Gasteiger partial charge is 0.497 e. The molecule has 0 amide bonds. The summed E-state index contributed by atoms with van der Waals surface area (Å²) in [4.78, 5) is 12.6. The summed E-state index contributed by atoms with van der Waals surface area (Å²) < 4.78 is 6.95. The van der Waals surface area contributed by atoms with Crippen molar-refractivity contribution in [2.75, 3.05) is 7.11 Å². The molecule has 3 rings (SSSR count). The van der Waals surface area contributed by atoms with E-state index in [4.69, 9.17) is 10.5 Å². The lowest BCUT2D eigenvalue weighted by Gasteiger charge is -2.22. The van der Waals surface area contributed by atoms with Crippen LogP contribution in [-0.2, 0) is 19.9 Å². The van der Waals surface area contributed by atoms with Gasteiger partial charge in [-0.1, -0.05) is 12.1 Å². The summed E-state index contributed by atoms with van der Waals surface area (Å²) in [5, 5.41) is 0. The van der Waals surface area contributed by atoms with Crippen LogP contribution in [0.25, 0.3) is 0 Å². The Morgan fingerprint density at radius 3 is 2.55 bits per heavy atom. The lowest BCUT2D eigenvalue weighted by atomic mass is 9.91. The van der Waals surface area contributed by atoms with E-state index >= 15 is 0 Å². The van der Waals surface area contributed by atoms with Crippen LogP contribution in [0.3, 0.4) is 0 Å². The number of nitrogens with two attached hydrogens (primary N) is 1. The number of ether oxygens (including phenoxy) is 1. The van der Waals surface area contributed by atoms with Crippen molar-refractivity contribution >= 4 is 0 Å². The van der Waals surface area contributed by atoms with Gasteiger partial charge >= 0.3 is 0 Å². The van der Waals surface area contributed by atoms with E-state index < -0.39 is 6.04 Å². The molecule has 1 atom stereocenters. The van der Waals surface area contributed by atoms with Crippen LogP contribution in [-0.4, -0.2) is 11.7 Å². The second-order valence-corrected chi connectivity index (χ2v) is 5.89. The molecule has 0 saturated heterocycles. The summed E-state index contributed by atoms with van der Waals surface area (Å²) >= 11 is 0. The van der Waals surface area contributed by atoms with E-state index in [2.05, 4.69) is 0 Å². The van der Waals surface area contributed by atoms with Crippen LogP contribution in [0, 0.1) is 0 Å². The van der Waals surface area contributed by atoms with Gasteiger partial charge in [0.2, 0.25) is 0 Å². The van der Waals surface area contributed by atoms with Gasteiger partial charge in [-0.3, -0.25) is 4.79 Å². The molecule has 116 valence electrons. The first kappa shape index (κ1) is 14.9. The maximum Gasteiger partial charge on any atom is 0.255 e. The first-order valence-corrected chi connectivity index (χ1v) is 7.73. The number of aromatic nitrogens is 1. The van der Waals surface area contributed by atoms with Gasteiger partial charge in [-0.2, -0.15) is 0 Å². The highest BCUT2D eigenvalue weighted by Crippen LogP contribution is 2.25. The van der Waals surface area contributed by atoms with Gasteiger partial charge in [0, 0.05) is 18.3 Å². The molecule has 0 saturated carbocycles. The fourth-order valence-corrected chi connectivity index (χ4v) is 3.23. The van der Waals surface area contributed by atoms with E-state index in [1.54, 1.807) is 11.7 Å². The number of pyridine rings is 1. The van der Waals surface area contributed by atoms with Gasteiger partial charge in [0.25, 0.3) is 5.56 Å². The van der Waals surface area contributed by atoms with E-state index in [0.29, 0.717) is 5.56 Å². The lowest BCUT2D eigenvalue weighted by Crippen LogP contribution is -2.31. The molecule has 1 unspecified atom stereocenters. The Hall–Kier alpha value is -2.07. The summed E-state index contributed by atoms with van der Waals surface area (Å²) in [7, 11) is 3.49. The Morgan fingerprint density at radius 2 is 1.86 bits per heavy atom. The monoisotopic (exact) mass is 298 g/mol. The first-order chi connectivity index (χ1) is 10.6. The van der Waals surface area contributed by atoms with E-state index in [-0.39, 0.29) is 5.56 Å². The molecule has 1 aromatic heterocycles. The average Bonchev–Trinajstić information content (AvgIpc) is 2.57. The van der Waals surface area contributed by atoms with Crippen molar-refractivity contribution in [3.8, 4) is 5.75 Å². The van der Waals surface area contributed by atoms with Gasteiger partial charge < -0.3 is 15.0 Å². The SMILES string of the molecule is COc1ccc(C(N)c2cc3c(n(C)c2=O)CCCC3)cc1. The van der Waals surface area contributed by atoms with Crippen molar-refractivity contribution in [1.29, 1.82) is 0 Å². The zero-order valence-electron chi connectivity index (χ0n) is 13.1. The first-order valence-electron chi connectivity index (χ1n) is 7.73. The average molecular weight is 298 g/mol. The van der Waals surface area contributed by atoms with Crippen LogP contribution >= 0.6 is 0 Å². The molecule has 22 heavy (non-hydrogen) atoms. The predicted octanol–water partition coefficient (Wildman–Crippen LogP) is 2.32. The second-order valence-electron chi connectivity index (χ2n) is 5.89. The predicted molar refractivity (Wildman–Crippen MR) is 87.3 cm³/mol. The van der Waals surface area contributed by atoms with E-state index in [9.17, 15) is 4.79 Å². The molecule has 0 bridgehead atoms. The molecule has 0 radical (unpaired) electrons. The maximum absolute atomic E-state index is 12.6. The number of hydrogen-bond donors (Lipinski definition) is 1. The lowest BCUT2D eigenvalue weighted by molar-refractivity contribution is 0.414. The van der Waals surface area contributed by atoms with Crippen LogP contribution in [0.15, 0.2) is 35.1 Å². The molecule has 0 spiro atoms. The summed E-state index contributed by atoms with van der Waals surface area (Å²) in [6.07, 6.45) is 4.36. The fourth-order valence-electron chi connectivity index (χ4n) is 3.23. The maximum atomic E-state index is 12.6. The van der Waals surface area contributed by atoms with Crippen molar-refractivity contribution in [2.45, 2.75) is 31.7 Å². The molecular formula is C18H22N2O2. The van der Waals surface area contributed by atoms with E-state index in [0.717, 1.165) is 30.6 Å². The highest BCUT2D eigenvalue weighted by Gasteiger charge is 2.20. The Kier molecular flexibility index (Phi) is 4.03. The standard InChI is InChI=1S/C18H22N2O2/c1-20-16-6-4-3-5-13(16)11-15(18(20)21)17(19)12-7-9-14(22-2)10-8-12/h7-11,17H,3-6,19H2,1-2H3. The number of benzene rings is 1. The number of nitrogens with zero attached hydrogens (tertiary/aromatic N) is 1. The van der Waals surface area contributed by atoms with Crippen molar-refractivity contribution < 1.29 is 4.74 Å². The van der Waals surface area contributed by atoms with E-state index in [1.807, 2.05) is 37.4 Å². The number of fused-ring (bicyclic) bond motifs is 1. The smallest absolute Gasteiger partial charge is 0.255 e. The fraction of sp³-hybridized carbons (Fsp3) is 0.389. The molecule has 1 aromatic carbocycles. The van der Waals surface area contributed by atoms with Crippen LogP contribution < -0.4 is 16.0 Å². The van der Waals surface area contributed by atoms with Gasteiger partial charge in [-0.25, -0.2) is 0 Å². The molecule has 0 fully saturated rings. The topological polar surface area (TPSA) is 57.2 Å². The number of methoxy groups -OCH3 is 1. The quantitative estimate of drug-likeness (QED) is 0.946. The molecule has 4 heteroatoms. The summed E-state index contributed by atoms with van der Waals surface area (Å²) in [6.45, 7) is 0. The van der Waals surface area contributed by atoms with Crippen molar-refractivity contribution in [2.24, 2.45) is 12.8 Å². The Labute approximate surface area is 130 Å². The summed E-state index contributed by atoms with van der Waals surface area (Å²) in [5.41, 5.74) is 10.4. The third-order valence-electron chi connectivity index (χ3n) is 4.58. The van der Waals surface area contributed by atoms with Crippen LogP contribution in [0.2, 0.25) is 0 Å². The minimum atomic E-state index is -0.406. The van der Waals surface area contributed by atoms with Gasteiger partial charge in [-0.05, 0) is 55.0 Å². The molecule has 1 aliphatic carbocycles. The van der Waals surface area contributed by atoms with Crippen LogP contribution in [0.4, 0.5) is 0 Å². The molecule has 1 heterocycles. The zero-order chi connectivity index (χ0) is 15.7. The zero-order valence-corrected chi connectivity index (χ0v) is 13.1. The number of rotatable bonds is 3. The molecule has 4 nitrogen and oxygen atoms in total. The molecular weight excluding hydrogens is 276 g/mol.